The molecule has 0 bridgehead atoms. The monoisotopic (exact) mass is 324 g/mol. The molecule has 2 N–H and O–H groups in total. The number of fused-ring (bicyclic) bond motifs is 1. The Morgan fingerprint density at radius 2 is 2.00 bits per heavy atom. The standard InChI is InChI=1S/C19H17FN2O2/c1-12-5-6-13-10-15(19(24)22-17(13)9-12)7-8-21-18(23)14-3-2-4-16(20)11-14/h2-6,9-11H,7-8H2,1H3,(H,21,23)(H,22,24). The highest BCUT2D eigenvalue weighted by atomic mass is 19.1. The van der Waals surface area contributed by atoms with Crippen molar-refractivity contribution in [2.45, 2.75) is 13.3 Å². The molecule has 1 heterocycles. The topological polar surface area (TPSA) is 62.0 Å². The van der Waals surface area contributed by atoms with Crippen LogP contribution in [0.5, 0.6) is 0 Å². The zero-order chi connectivity index (χ0) is 17.1. The van der Waals surface area contributed by atoms with Gasteiger partial charge in [0.05, 0.1) is 0 Å². The Labute approximate surface area is 138 Å². The van der Waals surface area contributed by atoms with Crippen molar-refractivity contribution in [2.75, 3.05) is 6.54 Å². The van der Waals surface area contributed by atoms with Crippen LogP contribution >= 0.6 is 0 Å². The quantitative estimate of drug-likeness (QED) is 0.775. The van der Waals surface area contributed by atoms with Crippen LogP contribution in [-0.2, 0) is 6.42 Å². The van der Waals surface area contributed by atoms with Gasteiger partial charge in [-0.05, 0) is 54.6 Å². The van der Waals surface area contributed by atoms with Gasteiger partial charge in [0, 0.05) is 23.2 Å². The molecule has 0 atom stereocenters. The second-order valence-electron chi connectivity index (χ2n) is 5.73. The molecule has 0 aliphatic carbocycles. The fraction of sp³-hybridized carbons (Fsp3) is 0.158. The maximum atomic E-state index is 13.1. The van der Waals surface area contributed by atoms with Gasteiger partial charge in [0.25, 0.3) is 11.5 Å². The number of hydrogen-bond donors (Lipinski definition) is 2. The highest BCUT2D eigenvalue weighted by Gasteiger charge is 2.07. The lowest BCUT2D eigenvalue weighted by Gasteiger charge is -2.07. The first-order valence-electron chi connectivity index (χ1n) is 7.69. The van der Waals surface area contributed by atoms with Gasteiger partial charge in [0.1, 0.15) is 5.82 Å². The first-order chi connectivity index (χ1) is 11.5. The Bertz CT molecular complexity index is 963. The van der Waals surface area contributed by atoms with Gasteiger partial charge >= 0.3 is 0 Å². The molecular formula is C19H17FN2O2. The fourth-order valence-electron chi connectivity index (χ4n) is 2.59. The number of amides is 1. The van der Waals surface area contributed by atoms with Crippen LogP contribution in [0.2, 0.25) is 0 Å². The van der Waals surface area contributed by atoms with Crippen LogP contribution in [0.15, 0.2) is 53.3 Å². The third kappa shape index (κ3) is 3.51. The number of hydrogen-bond acceptors (Lipinski definition) is 2. The molecule has 122 valence electrons. The molecule has 0 unspecified atom stereocenters. The summed E-state index contributed by atoms with van der Waals surface area (Å²) >= 11 is 0. The van der Waals surface area contributed by atoms with Crippen molar-refractivity contribution >= 4 is 16.8 Å². The molecule has 0 saturated carbocycles. The highest BCUT2D eigenvalue weighted by Crippen LogP contribution is 2.13. The van der Waals surface area contributed by atoms with Crippen LogP contribution in [0.4, 0.5) is 4.39 Å². The Morgan fingerprint density at radius 3 is 2.79 bits per heavy atom. The molecule has 0 aliphatic rings. The number of carbonyl (C=O) groups excluding carboxylic acids is 1. The lowest BCUT2D eigenvalue weighted by atomic mass is 10.1. The van der Waals surface area contributed by atoms with E-state index in [2.05, 4.69) is 10.3 Å². The maximum Gasteiger partial charge on any atom is 0.251 e. The minimum absolute atomic E-state index is 0.159. The smallest absolute Gasteiger partial charge is 0.251 e. The summed E-state index contributed by atoms with van der Waals surface area (Å²) in [6, 6.07) is 13.2. The minimum Gasteiger partial charge on any atom is -0.352 e. The van der Waals surface area contributed by atoms with E-state index < -0.39 is 5.82 Å². The van der Waals surface area contributed by atoms with Crippen LogP contribution in [0.1, 0.15) is 21.5 Å². The zero-order valence-electron chi connectivity index (χ0n) is 13.2. The van der Waals surface area contributed by atoms with Gasteiger partial charge in [-0.15, -0.1) is 0 Å². The molecule has 0 saturated heterocycles. The first kappa shape index (κ1) is 15.9. The van der Waals surface area contributed by atoms with Gasteiger partial charge in [-0.25, -0.2) is 4.39 Å². The van der Waals surface area contributed by atoms with Crippen molar-refractivity contribution in [3.63, 3.8) is 0 Å². The molecule has 0 aliphatic heterocycles. The van der Waals surface area contributed by atoms with E-state index in [1.807, 2.05) is 31.2 Å². The van der Waals surface area contributed by atoms with Crippen molar-refractivity contribution < 1.29 is 9.18 Å². The van der Waals surface area contributed by atoms with E-state index in [1.54, 1.807) is 6.07 Å². The Kier molecular flexibility index (Phi) is 4.42. The van der Waals surface area contributed by atoms with Crippen molar-refractivity contribution in [2.24, 2.45) is 0 Å². The molecule has 4 nitrogen and oxygen atoms in total. The van der Waals surface area contributed by atoms with E-state index in [0.717, 1.165) is 16.5 Å². The number of carbonyl (C=O) groups is 1. The van der Waals surface area contributed by atoms with Gasteiger partial charge in [-0.1, -0.05) is 18.2 Å². The number of rotatable bonds is 4. The van der Waals surface area contributed by atoms with E-state index in [4.69, 9.17) is 0 Å². The van der Waals surface area contributed by atoms with E-state index in [9.17, 15) is 14.0 Å². The molecule has 24 heavy (non-hydrogen) atoms. The number of benzene rings is 2. The van der Waals surface area contributed by atoms with Crippen molar-refractivity contribution in [1.82, 2.24) is 10.3 Å². The van der Waals surface area contributed by atoms with E-state index in [-0.39, 0.29) is 17.0 Å². The van der Waals surface area contributed by atoms with E-state index in [0.29, 0.717) is 18.5 Å². The van der Waals surface area contributed by atoms with Crippen molar-refractivity contribution in [3.05, 3.63) is 81.4 Å². The van der Waals surface area contributed by atoms with Gasteiger partial charge < -0.3 is 10.3 Å². The largest absolute Gasteiger partial charge is 0.352 e. The average molecular weight is 324 g/mol. The van der Waals surface area contributed by atoms with Crippen molar-refractivity contribution in [1.29, 1.82) is 0 Å². The maximum absolute atomic E-state index is 13.1. The predicted molar refractivity (Wildman–Crippen MR) is 91.7 cm³/mol. The zero-order valence-corrected chi connectivity index (χ0v) is 13.2. The number of nitrogens with one attached hydrogen (secondary N) is 2. The van der Waals surface area contributed by atoms with Gasteiger partial charge in [0.15, 0.2) is 0 Å². The molecule has 1 aromatic heterocycles. The number of H-pyrrole nitrogens is 1. The Hall–Kier alpha value is -2.95. The summed E-state index contributed by atoms with van der Waals surface area (Å²) in [7, 11) is 0. The Morgan fingerprint density at radius 1 is 1.17 bits per heavy atom. The van der Waals surface area contributed by atoms with E-state index >= 15 is 0 Å². The van der Waals surface area contributed by atoms with Gasteiger partial charge in [-0.2, -0.15) is 0 Å². The SMILES string of the molecule is Cc1ccc2cc(CCNC(=O)c3cccc(F)c3)c(=O)[nH]c2c1. The van der Waals surface area contributed by atoms with E-state index in [1.165, 1.54) is 18.2 Å². The van der Waals surface area contributed by atoms with Crippen LogP contribution in [0, 0.1) is 12.7 Å². The molecular weight excluding hydrogens is 307 g/mol. The lowest BCUT2D eigenvalue weighted by Crippen LogP contribution is -2.27. The number of aromatic nitrogens is 1. The number of pyridine rings is 1. The van der Waals surface area contributed by atoms with Gasteiger partial charge in [-0.3, -0.25) is 9.59 Å². The normalized spacial score (nSPS) is 10.8. The van der Waals surface area contributed by atoms with Crippen molar-refractivity contribution in [3.8, 4) is 0 Å². The highest BCUT2D eigenvalue weighted by molar-refractivity contribution is 5.94. The number of aryl methyl sites for hydroxylation is 1. The molecule has 0 radical (unpaired) electrons. The summed E-state index contributed by atoms with van der Waals surface area (Å²) in [6.45, 7) is 2.27. The van der Waals surface area contributed by atoms with Crippen LogP contribution in [-0.4, -0.2) is 17.4 Å². The summed E-state index contributed by atoms with van der Waals surface area (Å²) in [6.07, 6.45) is 0.403. The molecule has 3 rings (SSSR count). The molecule has 3 aromatic rings. The summed E-state index contributed by atoms with van der Waals surface area (Å²) in [5.74, 6) is -0.814. The first-order valence-corrected chi connectivity index (χ1v) is 7.69. The Balaban J connectivity index is 1.69. The summed E-state index contributed by atoms with van der Waals surface area (Å²) < 4.78 is 13.1. The second-order valence-corrected chi connectivity index (χ2v) is 5.73. The molecule has 1 amide bonds. The second kappa shape index (κ2) is 6.66. The summed E-state index contributed by atoms with van der Waals surface area (Å²) in [5, 5.41) is 3.65. The average Bonchev–Trinajstić information content (AvgIpc) is 2.55. The molecule has 0 spiro atoms. The lowest BCUT2D eigenvalue weighted by molar-refractivity contribution is 0.0953. The summed E-state index contributed by atoms with van der Waals surface area (Å²) in [4.78, 5) is 26.9. The van der Waals surface area contributed by atoms with Gasteiger partial charge in [0.2, 0.25) is 0 Å². The predicted octanol–water partition coefficient (Wildman–Crippen LogP) is 2.95. The fourth-order valence-corrected chi connectivity index (χ4v) is 2.59. The third-order valence-corrected chi connectivity index (χ3v) is 3.85. The summed E-state index contributed by atoms with van der Waals surface area (Å²) in [5.41, 5.74) is 2.58. The molecule has 0 fully saturated rings. The molecule has 2 aromatic carbocycles. The van der Waals surface area contributed by atoms with Crippen LogP contribution < -0.4 is 10.9 Å². The number of halogens is 1. The number of aromatic amines is 1. The third-order valence-electron chi connectivity index (χ3n) is 3.85. The van der Waals surface area contributed by atoms with Crippen LogP contribution in [0.3, 0.4) is 0 Å². The molecule has 5 heteroatoms. The minimum atomic E-state index is -0.455. The van der Waals surface area contributed by atoms with Crippen LogP contribution in [0.25, 0.3) is 10.9 Å².